The van der Waals surface area contributed by atoms with Crippen molar-refractivity contribution in [3.63, 3.8) is 0 Å². The first-order valence-electron chi connectivity index (χ1n) is 8.80. The average molecular weight is 427 g/mol. The molecular formula is C19H17F4N3O4. The van der Waals surface area contributed by atoms with Gasteiger partial charge in [-0.25, -0.2) is 18.6 Å². The van der Waals surface area contributed by atoms with Crippen LogP contribution in [0.3, 0.4) is 0 Å². The van der Waals surface area contributed by atoms with E-state index in [0.29, 0.717) is 16.8 Å². The van der Waals surface area contributed by atoms with Gasteiger partial charge in [-0.05, 0) is 31.5 Å². The van der Waals surface area contributed by atoms with Crippen molar-refractivity contribution in [1.82, 2.24) is 14.9 Å². The highest BCUT2D eigenvalue weighted by Crippen LogP contribution is 2.33. The molecule has 0 aromatic carbocycles. The topological polar surface area (TPSA) is 92.6 Å². The summed E-state index contributed by atoms with van der Waals surface area (Å²) in [4.78, 5) is 33.4. The molecule has 3 heterocycles. The highest BCUT2D eigenvalue weighted by Gasteiger charge is 2.42. The second-order valence-corrected chi connectivity index (χ2v) is 6.82. The van der Waals surface area contributed by atoms with Gasteiger partial charge < -0.3 is 14.7 Å². The first-order valence-corrected chi connectivity index (χ1v) is 8.80. The molecule has 1 aliphatic heterocycles. The van der Waals surface area contributed by atoms with Gasteiger partial charge in [0.15, 0.2) is 12.3 Å². The predicted octanol–water partition coefficient (Wildman–Crippen LogP) is 3.48. The van der Waals surface area contributed by atoms with Gasteiger partial charge in [-0.15, -0.1) is 0 Å². The third kappa shape index (κ3) is 3.91. The quantitative estimate of drug-likeness (QED) is 0.681. The summed E-state index contributed by atoms with van der Waals surface area (Å²) >= 11 is 0. The number of carbonyl (C=O) groups excluding carboxylic acids is 1. The molecule has 0 aliphatic carbocycles. The fourth-order valence-electron chi connectivity index (χ4n) is 3.09. The lowest BCUT2D eigenvalue weighted by molar-refractivity contribution is -0.148. The molecule has 2 aromatic rings. The van der Waals surface area contributed by atoms with Crippen LogP contribution in [-0.2, 0) is 6.54 Å². The summed E-state index contributed by atoms with van der Waals surface area (Å²) in [6.07, 6.45) is -1.48. The lowest BCUT2D eigenvalue weighted by Crippen LogP contribution is -2.34. The van der Waals surface area contributed by atoms with Crippen LogP contribution in [0.4, 0.5) is 17.6 Å². The molecule has 1 amide bonds. The largest absolute Gasteiger partial charge is 0.485 e. The number of fused-ring (bicyclic) bond motifs is 1. The molecule has 1 N–H and O–H groups in total. The van der Waals surface area contributed by atoms with E-state index in [9.17, 15) is 32.3 Å². The zero-order valence-corrected chi connectivity index (χ0v) is 15.9. The number of aromatic carboxylic acids is 1. The smallest absolute Gasteiger partial charge is 0.354 e. The normalized spacial score (nSPS) is 14.8. The first kappa shape index (κ1) is 21.5. The molecular weight excluding hydrogens is 410 g/mol. The Labute approximate surface area is 168 Å². The van der Waals surface area contributed by atoms with Crippen molar-refractivity contribution in [2.24, 2.45) is 0 Å². The van der Waals surface area contributed by atoms with Crippen LogP contribution in [0.15, 0.2) is 24.5 Å². The second-order valence-electron chi connectivity index (χ2n) is 6.82. The van der Waals surface area contributed by atoms with Crippen molar-refractivity contribution < 1.29 is 37.0 Å². The number of nitrogens with zero attached hydrogens (tertiary/aromatic N) is 3. The van der Waals surface area contributed by atoms with E-state index in [1.807, 2.05) is 0 Å². The van der Waals surface area contributed by atoms with E-state index in [4.69, 9.17) is 4.74 Å². The number of carboxylic acids is 1. The molecule has 0 saturated carbocycles. The van der Waals surface area contributed by atoms with Crippen LogP contribution in [-0.4, -0.2) is 50.8 Å². The van der Waals surface area contributed by atoms with E-state index in [-0.39, 0.29) is 23.6 Å². The summed E-state index contributed by atoms with van der Waals surface area (Å²) in [5, 5.41) is 9.27. The minimum Gasteiger partial charge on any atom is -0.485 e. The zero-order chi connectivity index (χ0) is 22.2. The van der Waals surface area contributed by atoms with Gasteiger partial charge in [0.05, 0.1) is 17.9 Å². The standard InChI is InChI=1S/C19H17F4N3O4/c1-9-5-13(25-6-14(9)30-8-19(22,23)18(20)21)10(2)26-7-12-11(16(26)27)3-4-24-15(12)17(28)29/h3-6,10,18H,7-8H2,1-2H3,(H,28,29). The summed E-state index contributed by atoms with van der Waals surface area (Å²) in [6.45, 7) is 1.73. The van der Waals surface area contributed by atoms with E-state index in [1.54, 1.807) is 6.92 Å². The Morgan fingerprint density at radius 2 is 2.07 bits per heavy atom. The predicted molar refractivity (Wildman–Crippen MR) is 94.9 cm³/mol. The van der Waals surface area contributed by atoms with Crippen LogP contribution in [0, 0.1) is 6.92 Å². The van der Waals surface area contributed by atoms with Crippen molar-refractivity contribution in [3.05, 3.63) is 52.6 Å². The van der Waals surface area contributed by atoms with E-state index in [0.717, 1.165) is 6.20 Å². The van der Waals surface area contributed by atoms with E-state index in [2.05, 4.69) is 9.97 Å². The lowest BCUT2D eigenvalue weighted by Gasteiger charge is -2.24. The molecule has 2 aromatic heterocycles. The minimum absolute atomic E-state index is 0.0183. The van der Waals surface area contributed by atoms with Crippen LogP contribution in [0.5, 0.6) is 5.75 Å². The summed E-state index contributed by atoms with van der Waals surface area (Å²) in [5.41, 5.74) is 1.09. The molecule has 160 valence electrons. The van der Waals surface area contributed by atoms with Crippen molar-refractivity contribution in [1.29, 1.82) is 0 Å². The van der Waals surface area contributed by atoms with Gasteiger partial charge in [0.1, 0.15) is 5.75 Å². The van der Waals surface area contributed by atoms with E-state index >= 15 is 0 Å². The Balaban J connectivity index is 1.79. The van der Waals surface area contributed by atoms with Gasteiger partial charge in [0.2, 0.25) is 0 Å². The van der Waals surface area contributed by atoms with Crippen LogP contribution in [0.25, 0.3) is 0 Å². The van der Waals surface area contributed by atoms with Crippen molar-refractivity contribution in [3.8, 4) is 5.75 Å². The number of carboxylic acid groups (broad SMARTS) is 1. The number of hydrogen-bond acceptors (Lipinski definition) is 5. The highest BCUT2D eigenvalue weighted by atomic mass is 19.3. The molecule has 0 fully saturated rings. The van der Waals surface area contributed by atoms with Crippen LogP contribution in [0.2, 0.25) is 0 Å². The van der Waals surface area contributed by atoms with Gasteiger partial charge in [-0.1, -0.05) is 0 Å². The van der Waals surface area contributed by atoms with Crippen LogP contribution >= 0.6 is 0 Å². The second kappa shape index (κ2) is 7.88. The fourth-order valence-corrected chi connectivity index (χ4v) is 3.09. The minimum atomic E-state index is -4.29. The number of amides is 1. The Morgan fingerprint density at radius 1 is 1.37 bits per heavy atom. The molecule has 1 aliphatic rings. The van der Waals surface area contributed by atoms with Crippen molar-refractivity contribution in [2.75, 3.05) is 6.61 Å². The molecule has 30 heavy (non-hydrogen) atoms. The summed E-state index contributed by atoms with van der Waals surface area (Å²) in [6, 6.07) is 2.35. The maximum Gasteiger partial charge on any atom is 0.354 e. The molecule has 7 nitrogen and oxygen atoms in total. The van der Waals surface area contributed by atoms with Crippen molar-refractivity contribution >= 4 is 11.9 Å². The number of rotatable bonds is 7. The number of halogens is 4. The highest BCUT2D eigenvalue weighted by molar-refractivity contribution is 6.01. The maximum atomic E-state index is 13.1. The Morgan fingerprint density at radius 3 is 2.67 bits per heavy atom. The third-order valence-corrected chi connectivity index (χ3v) is 4.80. The van der Waals surface area contributed by atoms with E-state index in [1.165, 1.54) is 30.2 Å². The molecule has 1 unspecified atom stereocenters. The first-order chi connectivity index (χ1) is 14.0. The summed E-state index contributed by atoms with van der Waals surface area (Å²) < 4.78 is 55.4. The van der Waals surface area contributed by atoms with Gasteiger partial charge >= 0.3 is 18.3 Å². The third-order valence-electron chi connectivity index (χ3n) is 4.80. The molecule has 0 saturated heterocycles. The number of aryl methyl sites for hydroxylation is 1. The summed E-state index contributed by atoms with van der Waals surface area (Å²) in [7, 11) is 0. The SMILES string of the molecule is Cc1cc(C(C)N2Cc3c(ccnc3C(=O)O)C2=O)ncc1OCC(F)(F)C(F)F. The van der Waals surface area contributed by atoms with Crippen LogP contribution < -0.4 is 4.74 Å². The Hall–Kier alpha value is -3.24. The molecule has 1 atom stereocenters. The van der Waals surface area contributed by atoms with Crippen LogP contribution in [0.1, 0.15) is 50.6 Å². The number of pyridine rings is 2. The number of alkyl halides is 4. The number of ether oxygens (including phenoxy) is 1. The lowest BCUT2D eigenvalue weighted by atomic mass is 10.1. The summed E-state index contributed by atoms with van der Waals surface area (Å²) in [5.74, 6) is -6.01. The molecule has 0 radical (unpaired) electrons. The van der Waals surface area contributed by atoms with Gasteiger partial charge in [-0.2, -0.15) is 8.78 Å². The number of carbonyl (C=O) groups is 2. The van der Waals surface area contributed by atoms with Crippen molar-refractivity contribution in [2.45, 2.75) is 38.8 Å². The average Bonchev–Trinajstić information content (AvgIpc) is 3.03. The van der Waals surface area contributed by atoms with Gasteiger partial charge in [0.25, 0.3) is 5.91 Å². The Kier molecular flexibility index (Phi) is 5.64. The van der Waals surface area contributed by atoms with E-state index < -0.39 is 36.9 Å². The Bertz CT molecular complexity index is 1000. The molecule has 0 bridgehead atoms. The zero-order valence-electron chi connectivity index (χ0n) is 15.9. The van der Waals surface area contributed by atoms with Gasteiger partial charge in [0, 0.05) is 23.9 Å². The van der Waals surface area contributed by atoms with Gasteiger partial charge in [-0.3, -0.25) is 9.78 Å². The molecule has 3 rings (SSSR count). The molecule has 0 spiro atoms. The number of hydrogen-bond donors (Lipinski definition) is 1. The number of aromatic nitrogens is 2. The fraction of sp³-hybridized carbons (Fsp3) is 0.368. The maximum absolute atomic E-state index is 13.1. The molecule has 11 heteroatoms. The monoisotopic (exact) mass is 427 g/mol.